The van der Waals surface area contributed by atoms with Crippen LogP contribution < -0.4 is 10.1 Å². The SMILES string of the molecule is COc1ccc(C(=O)NCCN2CCOC(c3ccccc3)C2)cc1. The molecule has 0 spiro atoms. The lowest BCUT2D eigenvalue weighted by molar-refractivity contribution is -0.0293. The average Bonchev–Trinajstić information content (AvgIpc) is 2.69. The topological polar surface area (TPSA) is 50.8 Å². The first-order chi connectivity index (χ1) is 12.3. The quantitative estimate of drug-likeness (QED) is 0.878. The summed E-state index contributed by atoms with van der Waals surface area (Å²) in [5.41, 5.74) is 1.85. The predicted octanol–water partition coefficient (Wildman–Crippen LogP) is 2.50. The fourth-order valence-electron chi connectivity index (χ4n) is 2.95. The van der Waals surface area contributed by atoms with Crippen LogP contribution in [0.3, 0.4) is 0 Å². The highest BCUT2D eigenvalue weighted by Crippen LogP contribution is 2.21. The summed E-state index contributed by atoms with van der Waals surface area (Å²) in [4.78, 5) is 14.5. The van der Waals surface area contributed by atoms with Crippen molar-refractivity contribution in [2.24, 2.45) is 0 Å². The first-order valence-electron chi connectivity index (χ1n) is 8.57. The number of hydrogen-bond acceptors (Lipinski definition) is 4. The number of carbonyl (C=O) groups is 1. The Hall–Kier alpha value is -2.37. The first kappa shape index (κ1) is 17.5. The number of nitrogens with zero attached hydrogens (tertiary/aromatic N) is 1. The van der Waals surface area contributed by atoms with Crippen molar-refractivity contribution in [2.45, 2.75) is 6.10 Å². The number of amides is 1. The first-order valence-corrected chi connectivity index (χ1v) is 8.57. The van der Waals surface area contributed by atoms with Crippen LogP contribution in [0.25, 0.3) is 0 Å². The molecule has 1 heterocycles. The van der Waals surface area contributed by atoms with Gasteiger partial charge in [0.2, 0.25) is 0 Å². The zero-order valence-corrected chi connectivity index (χ0v) is 14.5. The molecule has 1 aliphatic heterocycles. The molecule has 1 N–H and O–H groups in total. The Balaban J connectivity index is 1.45. The normalized spacial score (nSPS) is 17.9. The van der Waals surface area contributed by atoms with E-state index in [9.17, 15) is 4.79 Å². The van der Waals surface area contributed by atoms with Crippen molar-refractivity contribution in [1.82, 2.24) is 10.2 Å². The van der Waals surface area contributed by atoms with Crippen LogP contribution >= 0.6 is 0 Å². The standard InChI is InChI=1S/C20H24N2O3/c1-24-18-9-7-17(8-10-18)20(23)21-11-12-22-13-14-25-19(15-22)16-5-3-2-4-6-16/h2-10,19H,11-15H2,1H3,(H,21,23). The smallest absolute Gasteiger partial charge is 0.251 e. The van der Waals surface area contributed by atoms with E-state index in [-0.39, 0.29) is 12.0 Å². The highest BCUT2D eigenvalue weighted by atomic mass is 16.5. The lowest BCUT2D eigenvalue weighted by Crippen LogP contribution is -2.42. The Bertz CT molecular complexity index is 673. The van der Waals surface area contributed by atoms with Gasteiger partial charge in [0.15, 0.2) is 0 Å². The molecule has 2 aromatic rings. The van der Waals surface area contributed by atoms with Gasteiger partial charge in [0.05, 0.1) is 19.8 Å². The number of carbonyl (C=O) groups excluding carboxylic acids is 1. The van der Waals surface area contributed by atoms with Gasteiger partial charge in [-0.2, -0.15) is 0 Å². The average molecular weight is 340 g/mol. The molecule has 1 fully saturated rings. The molecule has 5 heteroatoms. The van der Waals surface area contributed by atoms with E-state index in [1.807, 2.05) is 18.2 Å². The number of morpholine rings is 1. The van der Waals surface area contributed by atoms with E-state index < -0.39 is 0 Å². The van der Waals surface area contributed by atoms with Crippen molar-refractivity contribution in [3.05, 3.63) is 65.7 Å². The van der Waals surface area contributed by atoms with Crippen LogP contribution in [0.4, 0.5) is 0 Å². The molecule has 1 amide bonds. The number of benzene rings is 2. The fourth-order valence-corrected chi connectivity index (χ4v) is 2.95. The minimum absolute atomic E-state index is 0.0597. The maximum Gasteiger partial charge on any atom is 0.251 e. The molecule has 25 heavy (non-hydrogen) atoms. The van der Waals surface area contributed by atoms with Crippen LogP contribution in [0, 0.1) is 0 Å². The summed E-state index contributed by atoms with van der Waals surface area (Å²) in [6, 6.07) is 17.4. The van der Waals surface area contributed by atoms with Crippen molar-refractivity contribution in [3.8, 4) is 5.75 Å². The van der Waals surface area contributed by atoms with Gasteiger partial charge in [0.1, 0.15) is 5.75 Å². The van der Waals surface area contributed by atoms with E-state index in [1.54, 1.807) is 31.4 Å². The van der Waals surface area contributed by atoms with E-state index >= 15 is 0 Å². The van der Waals surface area contributed by atoms with Crippen molar-refractivity contribution >= 4 is 5.91 Å². The number of hydrogen-bond donors (Lipinski definition) is 1. The Labute approximate surface area is 148 Å². The van der Waals surface area contributed by atoms with Crippen molar-refractivity contribution in [2.75, 3.05) is 39.9 Å². The third-order valence-corrected chi connectivity index (χ3v) is 4.39. The largest absolute Gasteiger partial charge is 0.497 e. The van der Waals surface area contributed by atoms with Gasteiger partial charge in [-0.3, -0.25) is 9.69 Å². The molecule has 1 saturated heterocycles. The molecule has 0 aliphatic carbocycles. The third kappa shape index (κ3) is 4.81. The zero-order valence-electron chi connectivity index (χ0n) is 14.5. The molecule has 0 radical (unpaired) electrons. The van der Waals surface area contributed by atoms with E-state index in [0.717, 1.165) is 25.4 Å². The van der Waals surface area contributed by atoms with Gasteiger partial charge >= 0.3 is 0 Å². The molecule has 1 unspecified atom stereocenters. The highest BCUT2D eigenvalue weighted by molar-refractivity contribution is 5.94. The number of nitrogens with one attached hydrogen (secondary N) is 1. The van der Waals surface area contributed by atoms with Gasteiger partial charge in [-0.1, -0.05) is 30.3 Å². The fraction of sp³-hybridized carbons (Fsp3) is 0.350. The van der Waals surface area contributed by atoms with Crippen LogP contribution in [0.15, 0.2) is 54.6 Å². The Morgan fingerprint density at radius 1 is 1.20 bits per heavy atom. The van der Waals surface area contributed by atoms with Crippen LogP contribution in [0.5, 0.6) is 5.75 Å². The van der Waals surface area contributed by atoms with Crippen LogP contribution in [-0.4, -0.2) is 50.7 Å². The predicted molar refractivity (Wildman–Crippen MR) is 96.9 cm³/mol. The number of rotatable bonds is 6. The summed E-state index contributed by atoms with van der Waals surface area (Å²) >= 11 is 0. The van der Waals surface area contributed by atoms with Crippen LogP contribution in [-0.2, 0) is 4.74 Å². The summed E-state index contributed by atoms with van der Waals surface area (Å²) in [6.45, 7) is 3.89. The molecule has 3 rings (SSSR count). The van der Waals surface area contributed by atoms with E-state index in [1.165, 1.54) is 5.56 Å². The van der Waals surface area contributed by atoms with Gasteiger partial charge in [-0.25, -0.2) is 0 Å². The van der Waals surface area contributed by atoms with Gasteiger partial charge in [-0.05, 0) is 29.8 Å². The van der Waals surface area contributed by atoms with E-state index in [0.29, 0.717) is 18.7 Å². The molecule has 1 aliphatic rings. The molecule has 0 bridgehead atoms. The molecular formula is C20H24N2O3. The second-order valence-electron chi connectivity index (χ2n) is 6.06. The van der Waals surface area contributed by atoms with Gasteiger partial charge < -0.3 is 14.8 Å². The van der Waals surface area contributed by atoms with Gasteiger partial charge in [0.25, 0.3) is 5.91 Å². The molecule has 2 aromatic carbocycles. The monoisotopic (exact) mass is 340 g/mol. The number of ether oxygens (including phenoxy) is 2. The molecular weight excluding hydrogens is 316 g/mol. The van der Waals surface area contributed by atoms with E-state index in [2.05, 4.69) is 22.3 Å². The van der Waals surface area contributed by atoms with Crippen LogP contribution in [0.1, 0.15) is 22.0 Å². The Kier molecular flexibility index (Phi) is 6.04. The molecule has 5 nitrogen and oxygen atoms in total. The summed E-state index contributed by atoms with van der Waals surface area (Å²) < 4.78 is 11.0. The summed E-state index contributed by atoms with van der Waals surface area (Å²) in [5, 5.41) is 2.98. The second-order valence-corrected chi connectivity index (χ2v) is 6.06. The Morgan fingerprint density at radius 2 is 1.96 bits per heavy atom. The third-order valence-electron chi connectivity index (χ3n) is 4.39. The minimum atomic E-state index is -0.0597. The maximum absolute atomic E-state index is 12.2. The van der Waals surface area contributed by atoms with Crippen molar-refractivity contribution in [3.63, 3.8) is 0 Å². The second kappa shape index (κ2) is 8.65. The molecule has 0 aromatic heterocycles. The van der Waals surface area contributed by atoms with Gasteiger partial charge in [-0.15, -0.1) is 0 Å². The lowest BCUT2D eigenvalue weighted by Gasteiger charge is -2.33. The minimum Gasteiger partial charge on any atom is -0.497 e. The lowest BCUT2D eigenvalue weighted by atomic mass is 10.1. The number of methoxy groups -OCH3 is 1. The molecule has 132 valence electrons. The Morgan fingerprint density at radius 3 is 2.68 bits per heavy atom. The van der Waals surface area contributed by atoms with Crippen LogP contribution in [0.2, 0.25) is 0 Å². The summed E-state index contributed by atoms with van der Waals surface area (Å²) in [7, 11) is 1.61. The molecule has 1 atom stereocenters. The van der Waals surface area contributed by atoms with E-state index in [4.69, 9.17) is 9.47 Å². The van der Waals surface area contributed by atoms with Crippen molar-refractivity contribution < 1.29 is 14.3 Å². The molecule has 0 saturated carbocycles. The summed E-state index contributed by atoms with van der Waals surface area (Å²) in [5.74, 6) is 0.687. The maximum atomic E-state index is 12.2. The highest BCUT2D eigenvalue weighted by Gasteiger charge is 2.21. The van der Waals surface area contributed by atoms with Gasteiger partial charge in [0, 0.05) is 31.7 Å². The zero-order chi connectivity index (χ0) is 17.5. The summed E-state index contributed by atoms with van der Waals surface area (Å²) in [6.07, 6.45) is 0.104. The van der Waals surface area contributed by atoms with Crippen molar-refractivity contribution in [1.29, 1.82) is 0 Å².